The summed E-state index contributed by atoms with van der Waals surface area (Å²) in [7, 11) is -2.52. The first-order chi connectivity index (χ1) is 13.9. The van der Waals surface area contributed by atoms with E-state index in [-0.39, 0.29) is 21.7 Å². The lowest BCUT2D eigenvalue weighted by Crippen LogP contribution is -2.51. The van der Waals surface area contributed by atoms with Gasteiger partial charge in [-0.15, -0.1) is 0 Å². The number of alkyl halides is 3. The third-order valence-corrected chi connectivity index (χ3v) is 6.59. The number of hydrogen-bond donors (Lipinski definition) is 3. The van der Waals surface area contributed by atoms with E-state index in [1.54, 1.807) is 0 Å². The summed E-state index contributed by atoms with van der Waals surface area (Å²) in [6.07, 6.45) is -1.84. The number of rotatable bonds is 6. The lowest BCUT2D eigenvalue weighted by atomic mass is 9.78. The summed E-state index contributed by atoms with van der Waals surface area (Å²) in [5.74, 6) is -0.459. The predicted molar refractivity (Wildman–Crippen MR) is 107 cm³/mol. The number of nitrogens with one attached hydrogen (secondary N) is 3. The van der Waals surface area contributed by atoms with Crippen LogP contribution in [0.4, 0.5) is 24.5 Å². The van der Waals surface area contributed by atoms with Gasteiger partial charge < -0.3 is 10.6 Å². The summed E-state index contributed by atoms with van der Waals surface area (Å²) >= 11 is 0. The van der Waals surface area contributed by atoms with Crippen molar-refractivity contribution in [2.24, 2.45) is 0 Å². The fourth-order valence-electron chi connectivity index (χ4n) is 3.18. The molecular weight excluding hydrogens is 419 g/mol. The normalized spacial score (nSPS) is 15.9. The lowest BCUT2D eigenvalue weighted by molar-refractivity contribution is -0.137. The number of carbonyl (C=O) groups excluding carboxylic acids is 1. The zero-order valence-electron chi connectivity index (χ0n) is 16.4. The Balaban J connectivity index is 1.95. The van der Waals surface area contributed by atoms with Gasteiger partial charge in [-0.25, -0.2) is 13.1 Å². The van der Waals surface area contributed by atoms with Gasteiger partial charge in [-0.1, -0.05) is 0 Å². The third-order valence-electron chi connectivity index (χ3n) is 5.18. The van der Waals surface area contributed by atoms with E-state index in [4.69, 9.17) is 0 Å². The molecule has 1 saturated carbocycles. The molecule has 0 aromatic heterocycles. The molecule has 162 valence electrons. The minimum atomic E-state index is -4.45. The molecule has 0 spiro atoms. The van der Waals surface area contributed by atoms with Crippen LogP contribution in [-0.2, 0) is 16.2 Å². The molecule has 0 radical (unpaired) electrons. The fraction of sp³-hybridized carbons (Fsp3) is 0.350. The van der Waals surface area contributed by atoms with Crippen LogP contribution in [0.15, 0.2) is 47.4 Å². The first kappa shape index (κ1) is 22.1. The van der Waals surface area contributed by atoms with Crippen LogP contribution in [0.3, 0.4) is 0 Å². The van der Waals surface area contributed by atoms with E-state index in [0.29, 0.717) is 5.69 Å². The molecule has 0 unspecified atom stereocenters. The Bertz CT molecular complexity index is 1050. The first-order valence-corrected chi connectivity index (χ1v) is 10.8. The molecule has 1 amide bonds. The average molecular weight is 441 g/mol. The van der Waals surface area contributed by atoms with Crippen molar-refractivity contribution in [2.45, 2.75) is 42.8 Å². The van der Waals surface area contributed by atoms with Crippen molar-refractivity contribution in [2.75, 3.05) is 12.4 Å². The van der Waals surface area contributed by atoms with Gasteiger partial charge in [-0.3, -0.25) is 4.79 Å². The Labute approximate surface area is 172 Å². The van der Waals surface area contributed by atoms with E-state index in [1.165, 1.54) is 37.4 Å². The molecular formula is C20H22F3N3O3S. The molecule has 1 fully saturated rings. The third kappa shape index (κ3) is 4.76. The van der Waals surface area contributed by atoms with Gasteiger partial charge in [0.05, 0.1) is 21.7 Å². The molecule has 1 aliphatic rings. The quantitative estimate of drug-likeness (QED) is 0.632. The van der Waals surface area contributed by atoms with Gasteiger partial charge >= 0.3 is 6.18 Å². The highest BCUT2D eigenvalue weighted by atomic mass is 32.2. The Morgan fingerprint density at radius 1 is 1.07 bits per heavy atom. The van der Waals surface area contributed by atoms with Crippen molar-refractivity contribution in [3.63, 3.8) is 0 Å². The second kappa shape index (κ2) is 7.92. The average Bonchev–Trinajstić information content (AvgIpc) is 2.66. The molecule has 2 aromatic carbocycles. The number of halogens is 3. The number of sulfonamides is 1. The minimum absolute atomic E-state index is 0.0827. The second-order valence-electron chi connectivity index (χ2n) is 7.48. The molecule has 2 aromatic rings. The van der Waals surface area contributed by atoms with Gasteiger partial charge in [-0.05, 0) is 75.7 Å². The molecule has 0 aliphatic heterocycles. The van der Waals surface area contributed by atoms with Crippen molar-refractivity contribution in [3.05, 3.63) is 53.6 Å². The summed E-state index contributed by atoms with van der Waals surface area (Å²) < 4.78 is 64.8. The highest BCUT2D eigenvalue weighted by Crippen LogP contribution is 2.33. The van der Waals surface area contributed by atoms with Crippen LogP contribution in [0.2, 0.25) is 0 Å². The second-order valence-corrected chi connectivity index (χ2v) is 9.37. The van der Waals surface area contributed by atoms with Crippen molar-refractivity contribution in [1.82, 2.24) is 10.0 Å². The van der Waals surface area contributed by atoms with Crippen LogP contribution >= 0.6 is 0 Å². The number of hydrogen-bond acceptors (Lipinski definition) is 4. The number of anilines is 2. The summed E-state index contributed by atoms with van der Waals surface area (Å²) in [6.45, 7) is 1.91. The molecule has 0 heterocycles. The highest BCUT2D eigenvalue weighted by molar-refractivity contribution is 7.89. The molecule has 10 heteroatoms. The number of carbonyl (C=O) groups is 1. The van der Waals surface area contributed by atoms with Crippen LogP contribution < -0.4 is 15.4 Å². The first-order valence-electron chi connectivity index (χ1n) is 9.28. The zero-order chi connectivity index (χ0) is 22.2. The van der Waals surface area contributed by atoms with E-state index < -0.39 is 27.7 Å². The van der Waals surface area contributed by atoms with Crippen molar-refractivity contribution in [1.29, 1.82) is 0 Å². The standard InChI is InChI=1S/C20H22F3N3O3S/c1-19(10-3-11-19)26-18(27)16-12-15(30(28,29)24-2)8-9-17(16)25-14-6-4-13(5-7-14)20(21,22)23/h4-9,12,24-25H,3,10-11H2,1-2H3,(H,26,27). The van der Waals surface area contributed by atoms with Crippen LogP contribution in [0.25, 0.3) is 0 Å². The van der Waals surface area contributed by atoms with Crippen molar-refractivity contribution < 1.29 is 26.4 Å². The van der Waals surface area contributed by atoms with Crippen molar-refractivity contribution in [3.8, 4) is 0 Å². The summed E-state index contributed by atoms with van der Waals surface area (Å²) in [6, 6.07) is 8.33. The maximum absolute atomic E-state index is 12.9. The molecule has 6 nitrogen and oxygen atoms in total. The SMILES string of the molecule is CNS(=O)(=O)c1ccc(Nc2ccc(C(F)(F)F)cc2)c(C(=O)NC2(C)CCC2)c1. The van der Waals surface area contributed by atoms with Gasteiger partial charge in [0.2, 0.25) is 10.0 Å². The number of amides is 1. The Morgan fingerprint density at radius 3 is 2.20 bits per heavy atom. The Kier molecular flexibility index (Phi) is 5.83. The van der Waals surface area contributed by atoms with E-state index >= 15 is 0 Å². The topological polar surface area (TPSA) is 87.3 Å². The van der Waals surface area contributed by atoms with Crippen LogP contribution in [0.5, 0.6) is 0 Å². The van der Waals surface area contributed by atoms with E-state index in [2.05, 4.69) is 15.4 Å². The van der Waals surface area contributed by atoms with Gasteiger partial charge in [0.1, 0.15) is 0 Å². The maximum atomic E-state index is 12.9. The maximum Gasteiger partial charge on any atom is 0.416 e. The summed E-state index contributed by atoms with van der Waals surface area (Å²) in [5, 5.41) is 5.83. The summed E-state index contributed by atoms with van der Waals surface area (Å²) in [5.41, 5.74) is -0.458. The molecule has 3 N–H and O–H groups in total. The van der Waals surface area contributed by atoms with E-state index in [0.717, 1.165) is 31.4 Å². The van der Waals surface area contributed by atoms with E-state index in [1.807, 2.05) is 6.92 Å². The van der Waals surface area contributed by atoms with Crippen LogP contribution in [-0.4, -0.2) is 26.9 Å². The van der Waals surface area contributed by atoms with Gasteiger partial charge in [0, 0.05) is 11.2 Å². The lowest BCUT2D eigenvalue weighted by Gasteiger charge is -2.39. The fourth-order valence-corrected chi connectivity index (χ4v) is 3.93. The molecule has 3 rings (SSSR count). The predicted octanol–water partition coefficient (Wildman–Crippen LogP) is 4.03. The van der Waals surface area contributed by atoms with Gasteiger partial charge in [0.15, 0.2) is 0 Å². The molecule has 0 atom stereocenters. The molecule has 0 bridgehead atoms. The van der Waals surface area contributed by atoms with Crippen LogP contribution in [0, 0.1) is 0 Å². The van der Waals surface area contributed by atoms with E-state index in [9.17, 15) is 26.4 Å². The zero-order valence-corrected chi connectivity index (χ0v) is 17.2. The van der Waals surface area contributed by atoms with Crippen molar-refractivity contribution >= 4 is 27.3 Å². The summed E-state index contributed by atoms with van der Waals surface area (Å²) in [4.78, 5) is 12.8. The monoisotopic (exact) mass is 441 g/mol. The van der Waals surface area contributed by atoms with Crippen LogP contribution in [0.1, 0.15) is 42.1 Å². The minimum Gasteiger partial charge on any atom is -0.355 e. The van der Waals surface area contributed by atoms with Gasteiger partial charge in [-0.2, -0.15) is 13.2 Å². The largest absolute Gasteiger partial charge is 0.416 e. The van der Waals surface area contributed by atoms with Gasteiger partial charge in [0.25, 0.3) is 5.91 Å². The number of benzene rings is 2. The smallest absolute Gasteiger partial charge is 0.355 e. The Morgan fingerprint density at radius 2 is 1.70 bits per heavy atom. The highest BCUT2D eigenvalue weighted by Gasteiger charge is 2.34. The Hall–Kier alpha value is -2.59. The molecule has 1 aliphatic carbocycles. The molecule has 0 saturated heterocycles. The molecule has 30 heavy (non-hydrogen) atoms.